The summed E-state index contributed by atoms with van der Waals surface area (Å²) in [6, 6.07) is 9.19. The Labute approximate surface area is 213 Å². The molecule has 4 atom stereocenters. The van der Waals surface area contributed by atoms with E-state index in [0.717, 1.165) is 25.9 Å². The molecule has 2 aromatic rings. The van der Waals surface area contributed by atoms with E-state index in [9.17, 15) is 9.18 Å². The minimum atomic E-state index is -1.05. The average Bonchev–Trinajstić information content (AvgIpc) is 3.61. The van der Waals surface area contributed by atoms with Crippen LogP contribution in [0.3, 0.4) is 0 Å². The molecule has 2 aliphatic heterocycles. The van der Waals surface area contributed by atoms with Gasteiger partial charge in [0.2, 0.25) is 5.91 Å². The first-order valence-electron chi connectivity index (χ1n) is 12.0. The Morgan fingerprint density at radius 3 is 2.86 bits per heavy atom. The van der Waals surface area contributed by atoms with Gasteiger partial charge in [0.05, 0.1) is 16.8 Å². The van der Waals surface area contributed by atoms with E-state index in [0.29, 0.717) is 23.5 Å². The number of hydrogen-bond donors (Lipinski definition) is 1. The van der Waals surface area contributed by atoms with Crippen LogP contribution in [0.15, 0.2) is 41.5 Å². The van der Waals surface area contributed by atoms with Gasteiger partial charge in [-0.05, 0) is 68.0 Å². The normalized spacial score (nSPS) is 29.7. The number of halogens is 2. The summed E-state index contributed by atoms with van der Waals surface area (Å²) in [7, 11) is 0. The van der Waals surface area contributed by atoms with Gasteiger partial charge in [0.15, 0.2) is 5.17 Å². The number of amidine groups is 1. The van der Waals surface area contributed by atoms with E-state index in [1.807, 2.05) is 17.9 Å². The zero-order valence-corrected chi connectivity index (χ0v) is 21.0. The van der Waals surface area contributed by atoms with Crippen LogP contribution in [0.25, 0.3) is 11.9 Å². The molecule has 0 spiro atoms. The van der Waals surface area contributed by atoms with Gasteiger partial charge in [-0.25, -0.2) is 8.78 Å². The lowest BCUT2D eigenvalue weighted by Crippen LogP contribution is -2.49. The number of carbonyl (C=O) groups excluding carboxylic acids is 1. The first-order valence-corrected chi connectivity index (χ1v) is 12.9. The Bertz CT molecular complexity index is 1320. The smallest absolute Gasteiger partial charge is 0.239 e. The topological polar surface area (TPSA) is 95.4 Å². The molecule has 5 rings (SSSR count). The number of aromatic nitrogens is 1. The van der Waals surface area contributed by atoms with Gasteiger partial charge in [-0.1, -0.05) is 24.8 Å². The summed E-state index contributed by atoms with van der Waals surface area (Å²) in [5.41, 5.74) is 6.30. The lowest BCUT2D eigenvalue weighted by atomic mass is 9.84. The number of carbonyl (C=O) groups is 1. The van der Waals surface area contributed by atoms with E-state index in [2.05, 4.69) is 16.9 Å². The van der Waals surface area contributed by atoms with Crippen molar-refractivity contribution in [3.8, 4) is 6.07 Å². The molecular formula is C27H27F2N5OS. The highest BCUT2D eigenvalue weighted by Gasteiger charge is 2.71. The summed E-state index contributed by atoms with van der Waals surface area (Å²) < 4.78 is 29.4. The summed E-state index contributed by atoms with van der Waals surface area (Å²) >= 11 is 1.29. The fourth-order valence-electron chi connectivity index (χ4n) is 5.54. The van der Waals surface area contributed by atoms with Crippen LogP contribution in [0.5, 0.6) is 0 Å². The molecular weight excluding hydrogens is 480 g/mol. The van der Waals surface area contributed by atoms with Crippen LogP contribution in [-0.2, 0) is 10.3 Å². The van der Waals surface area contributed by atoms with Crippen molar-refractivity contribution in [1.82, 2.24) is 9.88 Å². The highest BCUT2D eigenvalue weighted by atomic mass is 32.2. The third kappa shape index (κ3) is 4.17. The van der Waals surface area contributed by atoms with Crippen LogP contribution in [0, 0.1) is 29.0 Å². The monoisotopic (exact) mass is 507 g/mol. The average molecular weight is 508 g/mol. The number of benzene rings is 1. The highest BCUT2D eigenvalue weighted by molar-refractivity contribution is 8.15. The predicted molar refractivity (Wildman–Crippen MR) is 137 cm³/mol. The summed E-state index contributed by atoms with van der Waals surface area (Å²) in [6.07, 6.45) is 5.21. The number of nitrogens with zero attached hydrogens (tertiary/aromatic N) is 4. The minimum Gasteiger partial charge on any atom is -0.378 e. The SMILES string of the molecule is CC1CCCN(C(=O)[C@]23C[C@H]2[C@@](C)(c2cc(/C=C(\F)c4ccc(C#N)cn4)ccc2F)N=C(N)S3)C1. The van der Waals surface area contributed by atoms with Crippen LogP contribution in [0.4, 0.5) is 8.78 Å². The second kappa shape index (κ2) is 9.00. The Hall–Kier alpha value is -3.25. The lowest BCUT2D eigenvalue weighted by Gasteiger charge is -2.38. The van der Waals surface area contributed by atoms with Crippen LogP contribution in [-0.4, -0.2) is 38.8 Å². The van der Waals surface area contributed by atoms with Gasteiger partial charge in [-0.15, -0.1) is 0 Å². The van der Waals surface area contributed by atoms with Crippen molar-refractivity contribution in [2.75, 3.05) is 13.1 Å². The van der Waals surface area contributed by atoms with E-state index >= 15 is 4.39 Å². The van der Waals surface area contributed by atoms with E-state index in [1.165, 1.54) is 48.3 Å². The molecule has 3 heterocycles. The summed E-state index contributed by atoms with van der Waals surface area (Å²) in [5, 5.41) is 9.17. The van der Waals surface area contributed by atoms with Gasteiger partial charge in [0, 0.05) is 30.8 Å². The standard InChI is InChI=1S/C27H27F2N5OS/c1-16-4-3-9-34(15-16)24(35)27-12-23(27)26(2,33-25(31)36-27)19-10-17(5-7-20(19)28)11-21(29)22-8-6-18(13-30)14-32-22/h5-8,10-11,14,16,23H,3-4,9,12,15H2,1-2H3,(H2,31,33)/b21-11-/t16?,23-,26+,27-/m0/s1. The number of nitriles is 1. The maximum Gasteiger partial charge on any atom is 0.239 e. The van der Waals surface area contributed by atoms with Gasteiger partial charge in [-0.3, -0.25) is 14.8 Å². The van der Waals surface area contributed by atoms with Crippen molar-refractivity contribution in [1.29, 1.82) is 5.26 Å². The molecule has 1 aliphatic carbocycles. The number of aliphatic imine (C=N–C) groups is 1. The van der Waals surface area contributed by atoms with Crippen molar-refractivity contribution in [3.63, 3.8) is 0 Å². The fourth-order valence-corrected chi connectivity index (χ4v) is 6.98. The Kier molecular flexibility index (Phi) is 6.11. The summed E-state index contributed by atoms with van der Waals surface area (Å²) in [5.74, 6) is -0.800. The molecule has 9 heteroatoms. The molecule has 0 bridgehead atoms. The van der Waals surface area contributed by atoms with Crippen molar-refractivity contribution >= 4 is 34.7 Å². The first-order chi connectivity index (χ1) is 17.2. The van der Waals surface area contributed by atoms with Crippen molar-refractivity contribution < 1.29 is 13.6 Å². The number of fused-ring (bicyclic) bond motifs is 1. The Balaban J connectivity index is 1.46. The van der Waals surface area contributed by atoms with E-state index in [-0.39, 0.29) is 28.3 Å². The first kappa shape index (κ1) is 24.4. The highest BCUT2D eigenvalue weighted by Crippen LogP contribution is 2.66. The van der Waals surface area contributed by atoms with Crippen molar-refractivity contribution in [2.45, 2.75) is 43.4 Å². The Morgan fingerprint density at radius 2 is 2.17 bits per heavy atom. The molecule has 1 aromatic heterocycles. The molecule has 186 valence electrons. The number of thioether (sulfide) groups is 1. The molecule has 6 nitrogen and oxygen atoms in total. The van der Waals surface area contributed by atoms with Gasteiger partial charge in [0.1, 0.15) is 22.5 Å². The third-order valence-electron chi connectivity index (χ3n) is 7.49. The number of piperidine rings is 1. The van der Waals surface area contributed by atoms with Crippen molar-refractivity contribution in [3.05, 3.63) is 64.7 Å². The summed E-state index contributed by atoms with van der Waals surface area (Å²) in [4.78, 5) is 24.2. The third-order valence-corrected chi connectivity index (χ3v) is 8.78. The number of amides is 1. The van der Waals surface area contributed by atoms with E-state index in [1.54, 1.807) is 6.07 Å². The van der Waals surface area contributed by atoms with Crippen LogP contribution < -0.4 is 5.73 Å². The predicted octanol–water partition coefficient (Wildman–Crippen LogP) is 4.85. The second-order valence-corrected chi connectivity index (χ2v) is 11.5. The maximum absolute atomic E-state index is 15.2. The zero-order valence-electron chi connectivity index (χ0n) is 20.2. The molecule has 3 aliphatic rings. The van der Waals surface area contributed by atoms with Gasteiger partial charge < -0.3 is 10.6 Å². The van der Waals surface area contributed by atoms with Gasteiger partial charge in [-0.2, -0.15) is 5.26 Å². The fraction of sp³-hybridized carbons (Fsp3) is 0.407. The van der Waals surface area contributed by atoms with Crippen LogP contribution in [0.1, 0.15) is 55.5 Å². The molecule has 1 saturated carbocycles. The zero-order chi connectivity index (χ0) is 25.7. The second-order valence-electron chi connectivity index (χ2n) is 10.1. The largest absolute Gasteiger partial charge is 0.378 e. The van der Waals surface area contributed by atoms with E-state index in [4.69, 9.17) is 11.0 Å². The molecule has 0 radical (unpaired) electrons. The van der Waals surface area contributed by atoms with Crippen LogP contribution in [0.2, 0.25) is 0 Å². The number of likely N-dealkylation sites (tertiary alicyclic amines) is 1. The maximum atomic E-state index is 15.2. The number of pyridine rings is 1. The molecule has 1 saturated heterocycles. The quantitative estimate of drug-likeness (QED) is 0.638. The molecule has 1 amide bonds. The number of nitrogens with two attached hydrogens (primary N) is 1. The minimum absolute atomic E-state index is 0.0579. The van der Waals surface area contributed by atoms with E-state index < -0.39 is 21.9 Å². The number of hydrogen-bond acceptors (Lipinski definition) is 6. The lowest BCUT2D eigenvalue weighted by molar-refractivity contribution is -0.133. The molecule has 2 fully saturated rings. The Morgan fingerprint density at radius 1 is 1.36 bits per heavy atom. The van der Waals surface area contributed by atoms with Crippen molar-refractivity contribution in [2.24, 2.45) is 22.6 Å². The molecule has 2 N–H and O–H groups in total. The van der Waals surface area contributed by atoms with Gasteiger partial charge >= 0.3 is 0 Å². The van der Waals surface area contributed by atoms with Crippen LogP contribution >= 0.6 is 11.8 Å². The summed E-state index contributed by atoms with van der Waals surface area (Å²) in [6.45, 7) is 5.40. The number of rotatable bonds is 4. The van der Waals surface area contributed by atoms with Gasteiger partial charge in [0.25, 0.3) is 0 Å². The molecule has 36 heavy (non-hydrogen) atoms. The molecule has 1 aromatic carbocycles. The molecule has 1 unspecified atom stereocenters.